The molecule has 0 spiro atoms. The zero-order valence-electron chi connectivity index (χ0n) is 14.4. The highest BCUT2D eigenvalue weighted by Gasteiger charge is 2.30. The van der Waals surface area contributed by atoms with Crippen LogP contribution in [0.5, 0.6) is 0 Å². The molecule has 1 aromatic carbocycles. The number of amides is 1. The third kappa shape index (κ3) is 4.56. The van der Waals surface area contributed by atoms with Crippen LogP contribution in [0.2, 0.25) is 5.02 Å². The Morgan fingerprint density at radius 2 is 1.96 bits per heavy atom. The number of thioether (sulfide) groups is 1. The van der Waals surface area contributed by atoms with Gasteiger partial charge in [-0.3, -0.25) is 9.78 Å². The predicted octanol–water partition coefficient (Wildman–Crippen LogP) is 5.36. The molecule has 0 radical (unpaired) electrons. The lowest BCUT2D eigenvalue weighted by molar-refractivity contribution is -0.132. The summed E-state index contributed by atoms with van der Waals surface area (Å²) in [5.41, 5.74) is 1.18. The van der Waals surface area contributed by atoms with E-state index in [1.54, 1.807) is 11.8 Å². The first kappa shape index (κ1) is 18.3. The molecule has 1 amide bonds. The highest BCUT2D eigenvalue weighted by atomic mass is 35.5. The molecular formula is C20H23ClN2OS. The van der Waals surface area contributed by atoms with Crippen LogP contribution in [0, 0.1) is 0 Å². The Morgan fingerprint density at radius 3 is 2.72 bits per heavy atom. The van der Waals surface area contributed by atoms with Gasteiger partial charge in [0.15, 0.2) is 0 Å². The maximum absolute atomic E-state index is 13.2. The van der Waals surface area contributed by atoms with E-state index < -0.39 is 0 Å². The summed E-state index contributed by atoms with van der Waals surface area (Å²) in [6, 6.07) is 11.9. The number of carbonyl (C=O) groups excluding carboxylic acids is 1. The molecule has 2 aromatic rings. The van der Waals surface area contributed by atoms with E-state index in [0.29, 0.717) is 5.02 Å². The Kier molecular flexibility index (Phi) is 6.38. The van der Waals surface area contributed by atoms with Crippen molar-refractivity contribution in [3.8, 4) is 0 Å². The summed E-state index contributed by atoms with van der Waals surface area (Å²) < 4.78 is 0. The minimum Gasteiger partial charge on any atom is -0.335 e. The standard InChI is InChI=1S/C20H23ClN2OS/c1-15(25-19-9-5-4-7-17(19)21)20(24)23-14-6-2-3-8-18(23)16-10-12-22-13-11-16/h4-5,7,9-13,15,18H,2-3,6,8,14H2,1H3. The minimum absolute atomic E-state index is 0.146. The van der Waals surface area contributed by atoms with Gasteiger partial charge in [-0.2, -0.15) is 0 Å². The summed E-state index contributed by atoms with van der Waals surface area (Å²) in [6.07, 6.45) is 8.03. The summed E-state index contributed by atoms with van der Waals surface area (Å²) in [5, 5.41) is 0.538. The van der Waals surface area contributed by atoms with Gasteiger partial charge >= 0.3 is 0 Å². The number of rotatable bonds is 4. The Hall–Kier alpha value is -1.52. The fraction of sp³-hybridized carbons (Fsp3) is 0.400. The van der Waals surface area contributed by atoms with Crippen LogP contribution in [0.1, 0.15) is 44.2 Å². The Balaban J connectivity index is 1.78. The summed E-state index contributed by atoms with van der Waals surface area (Å²) in [6.45, 7) is 2.80. The highest BCUT2D eigenvalue weighted by molar-refractivity contribution is 8.00. The summed E-state index contributed by atoms with van der Waals surface area (Å²) >= 11 is 7.80. The second-order valence-corrected chi connectivity index (χ2v) is 8.16. The van der Waals surface area contributed by atoms with E-state index in [1.165, 1.54) is 12.0 Å². The number of hydrogen-bond acceptors (Lipinski definition) is 3. The normalized spacial score (nSPS) is 19.3. The van der Waals surface area contributed by atoms with Crippen LogP contribution in [-0.2, 0) is 4.79 Å². The number of halogens is 1. The van der Waals surface area contributed by atoms with Gasteiger partial charge < -0.3 is 4.90 Å². The topological polar surface area (TPSA) is 33.2 Å². The molecule has 3 nitrogen and oxygen atoms in total. The number of pyridine rings is 1. The van der Waals surface area contributed by atoms with Crippen LogP contribution in [0.3, 0.4) is 0 Å². The van der Waals surface area contributed by atoms with Crippen molar-refractivity contribution in [3.63, 3.8) is 0 Å². The molecule has 2 atom stereocenters. The fourth-order valence-corrected chi connectivity index (χ4v) is 4.54. The van der Waals surface area contributed by atoms with Gasteiger partial charge in [0.1, 0.15) is 0 Å². The molecule has 132 valence electrons. The third-order valence-electron chi connectivity index (χ3n) is 4.61. The monoisotopic (exact) mass is 374 g/mol. The van der Waals surface area contributed by atoms with Gasteiger partial charge in [-0.25, -0.2) is 0 Å². The van der Waals surface area contributed by atoms with Crippen LogP contribution in [0.15, 0.2) is 53.7 Å². The molecule has 25 heavy (non-hydrogen) atoms. The molecule has 1 aromatic heterocycles. The van der Waals surface area contributed by atoms with Gasteiger partial charge in [-0.15, -0.1) is 11.8 Å². The number of likely N-dealkylation sites (tertiary alicyclic amines) is 1. The van der Waals surface area contributed by atoms with Crippen LogP contribution in [0.4, 0.5) is 0 Å². The van der Waals surface area contributed by atoms with Crippen LogP contribution < -0.4 is 0 Å². The number of carbonyl (C=O) groups is 1. The number of aromatic nitrogens is 1. The average Bonchev–Trinajstić information content (AvgIpc) is 2.89. The molecule has 1 aliphatic heterocycles. The predicted molar refractivity (Wildman–Crippen MR) is 104 cm³/mol. The molecule has 1 aliphatic rings. The van der Waals surface area contributed by atoms with Crippen molar-refractivity contribution in [2.45, 2.75) is 48.8 Å². The number of hydrogen-bond donors (Lipinski definition) is 0. The third-order valence-corrected chi connectivity index (χ3v) is 6.22. The van der Waals surface area contributed by atoms with Gasteiger partial charge in [0.2, 0.25) is 5.91 Å². The molecule has 1 saturated heterocycles. The smallest absolute Gasteiger partial charge is 0.236 e. The molecule has 0 N–H and O–H groups in total. The first-order chi connectivity index (χ1) is 12.2. The van der Waals surface area contributed by atoms with Crippen molar-refractivity contribution in [2.75, 3.05) is 6.54 Å². The first-order valence-corrected chi connectivity index (χ1v) is 10.0. The van der Waals surface area contributed by atoms with Gasteiger partial charge in [0.25, 0.3) is 0 Å². The van der Waals surface area contributed by atoms with Crippen molar-refractivity contribution in [2.24, 2.45) is 0 Å². The van der Waals surface area contributed by atoms with E-state index in [1.807, 2.05) is 55.7 Å². The van der Waals surface area contributed by atoms with E-state index in [4.69, 9.17) is 11.6 Å². The van der Waals surface area contributed by atoms with E-state index in [9.17, 15) is 4.79 Å². The van der Waals surface area contributed by atoms with Crippen LogP contribution in [-0.4, -0.2) is 27.6 Å². The van der Waals surface area contributed by atoms with Crippen molar-refractivity contribution in [3.05, 3.63) is 59.4 Å². The second kappa shape index (κ2) is 8.72. The van der Waals surface area contributed by atoms with E-state index in [-0.39, 0.29) is 17.2 Å². The molecular weight excluding hydrogens is 352 g/mol. The lowest BCUT2D eigenvalue weighted by Gasteiger charge is -2.32. The summed E-state index contributed by atoms with van der Waals surface area (Å²) in [5.74, 6) is 0.189. The molecule has 2 unspecified atom stereocenters. The zero-order valence-corrected chi connectivity index (χ0v) is 16.0. The van der Waals surface area contributed by atoms with Crippen molar-refractivity contribution in [1.82, 2.24) is 9.88 Å². The zero-order chi connectivity index (χ0) is 17.6. The first-order valence-electron chi connectivity index (χ1n) is 8.78. The van der Waals surface area contributed by atoms with Gasteiger partial charge in [0, 0.05) is 23.8 Å². The molecule has 5 heteroatoms. The molecule has 2 heterocycles. The van der Waals surface area contributed by atoms with E-state index >= 15 is 0 Å². The minimum atomic E-state index is -0.165. The van der Waals surface area contributed by atoms with Gasteiger partial charge in [-0.1, -0.05) is 36.6 Å². The maximum Gasteiger partial charge on any atom is 0.236 e. The lowest BCUT2D eigenvalue weighted by atomic mass is 10.0. The van der Waals surface area contributed by atoms with Gasteiger partial charge in [0.05, 0.1) is 16.3 Å². The van der Waals surface area contributed by atoms with Crippen LogP contribution >= 0.6 is 23.4 Å². The van der Waals surface area contributed by atoms with Crippen molar-refractivity contribution < 1.29 is 4.79 Å². The fourth-order valence-electron chi connectivity index (χ4n) is 3.32. The largest absolute Gasteiger partial charge is 0.335 e. The summed E-state index contributed by atoms with van der Waals surface area (Å²) in [4.78, 5) is 20.3. The van der Waals surface area contributed by atoms with Crippen LogP contribution in [0.25, 0.3) is 0 Å². The molecule has 1 fully saturated rings. The molecule has 0 bridgehead atoms. The molecule has 3 rings (SSSR count). The SMILES string of the molecule is CC(Sc1ccccc1Cl)C(=O)N1CCCCCC1c1ccncc1. The second-order valence-electron chi connectivity index (χ2n) is 6.37. The van der Waals surface area contributed by atoms with E-state index in [2.05, 4.69) is 9.88 Å². The Morgan fingerprint density at radius 1 is 1.20 bits per heavy atom. The van der Waals surface area contributed by atoms with Gasteiger partial charge in [-0.05, 0) is 49.6 Å². The van der Waals surface area contributed by atoms with Crippen molar-refractivity contribution in [1.29, 1.82) is 0 Å². The number of nitrogens with zero attached hydrogens (tertiary/aromatic N) is 2. The van der Waals surface area contributed by atoms with E-state index in [0.717, 1.165) is 30.7 Å². The Labute approximate surface area is 158 Å². The maximum atomic E-state index is 13.2. The molecule has 0 saturated carbocycles. The Bertz CT molecular complexity index is 710. The molecule has 0 aliphatic carbocycles. The quantitative estimate of drug-likeness (QED) is 0.675. The van der Waals surface area contributed by atoms with Crippen molar-refractivity contribution >= 4 is 29.3 Å². The lowest BCUT2D eigenvalue weighted by Crippen LogP contribution is -2.39. The summed E-state index contributed by atoms with van der Waals surface area (Å²) in [7, 11) is 0. The average molecular weight is 375 g/mol. The highest BCUT2D eigenvalue weighted by Crippen LogP contribution is 2.35. The number of benzene rings is 1.